The number of halogens is 2. The summed E-state index contributed by atoms with van der Waals surface area (Å²) in [6, 6.07) is 6.54. The Morgan fingerprint density at radius 2 is 1.75 bits per heavy atom. The van der Waals surface area contributed by atoms with Crippen LogP contribution < -0.4 is 14.8 Å². The average Bonchev–Trinajstić information content (AvgIpc) is 2.55. The lowest BCUT2D eigenvalue weighted by molar-refractivity contribution is -0.384. The van der Waals surface area contributed by atoms with Gasteiger partial charge in [0.15, 0.2) is 0 Å². The van der Waals surface area contributed by atoms with Crippen molar-refractivity contribution in [3.05, 3.63) is 56.1 Å². The number of ether oxygens (including phenoxy) is 2. The van der Waals surface area contributed by atoms with E-state index in [1.807, 2.05) is 0 Å². The van der Waals surface area contributed by atoms with E-state index in [1.165, 1.54) is 38.5 Å². The Balaban J connectivity index is 2.38. The second-order valence-electron chi connectivity index (χ2n) is 4.56. The van der Waals surface area contributed by atoms with E-state index < -0.39 is 10.8 Å². The van der Waals surface area contributed by atoms with Crippen molar-refractivity contribution >= 4 is 40.5 Å². The normalized spacial score (nSPS) is 10.2. The zero-order valence-electron chi connectivity index (χ0n) is 12.6. The summed E-state index contributed by atoms with van der Waals surface area (Å²) in [5.41, 5.74) is -0.0139. The Hall–Kier alpha value is -2.51. The monoisotopic (exact) mass is 370 g/mol. The minimum Gasteiger partial charge on any atom is -0.495 e. The zero-order valence-corrected chi connectivity index (χ0v) is 14.1. The molecule has 24 heavy (non-hydrogen) atoms. The van der Waals surface area contributed by atoms with Crippen molar-refractivity contribution in [3.8, 4) is 11.5 Å². The number of nitro groups is 1. The van der Waals surface area contributed by atoms with E-state index in [9.17, 15) is 14.9 Å². The Morgan fingerprint density at radius 1 is 1.08 bits per heavy atom. The first kappa shape index (κ1) is 17.8. The molecule has 0 fully saturated rings. The summed E-state index contributed by atoms with van der Waals surface area (Å²) in [4.78, 5) is 22.6. The Bertz CT molecular complexity index is 811. The van der Waals surface area contributed by atoms with Crippen LogP contribution in [-0.2, 0) is 0 Å². The number of carbonyl (C=O) groups excluding carboxylic acids is 1. The molecule has 0 radical (unpaired) electrons. The first-order valence-corrected chi connectivity index (χ1v) is 7.29. The van der Waals surface area contributed by atoms with Crippen LogP contribution in [0.3, 0.4) is 0 Å². The number of non-ortho nitro benzene ring substituents is 1. The van der Waals surface area contributed by atoms with Gasteiger partial charge in [-0.15, -0.1) is 0 Å². The molecular weight excluding hydrogens is 359 g/mol. The fraction of sp³-hybridized carbons (Fsp3) is 0.133. The zero-order chi connectivity index (χ0) is 17.9. The Morgan fingerprint density at radius 3 is 2.33 bits per heavy atom. The highest BCUT2D eigenvalue weighted by Gasteiger charge is 2.18. The lowest BCUT2D eigenvalue weighted by atomic mass is 10.1. The van der Waals surface area contributed by atoms with Crippen molar-refractivity contribution in [2.45, 2.75) is 0 Å². The maximum Gasteiger partial charge on any atom is 0.270 e. The molecule has 7 nitrogen and oxygen atoms in total. The topological polar surface area (TPSA) is 90.7 Å². The number of nitro benzene ring substituents is 1. The summed E-state index contributed by atoms with van der Waals surface area (Å²) in [5.74, 6) is 0.0503. The van der Waals surface area contributed by atoms with E-state index in [0.717, 1.165) is 6.07 Å². The molecule has 1 N–H and O–H groups in total. The molecule has 2 rings (SSSR count). The van der Waals surface area contributed by atoms with Gasteiger partial charge in [-0.1, -0.05) is 23.2 Å². The molecular formula is C15H12Cl2N2O5. The van der Waals surface area contributed by atoms with Gasteiger partial charge in [0, 0.05) is 18.2 Å². The first-order chi connectivity index (χ1) is 11.4. The SMILES string of the molecule is COc1cc(OC)c(NC(=O)c2cc([N+](=O)[O-])ccc2Cl)cc1Cl. The van der Waals surface area contributed by atoms with E-state index >= 15 is 0 Å². The fourth-order valence-electron chi connectivity index (χ4n) is 1.95. The number of nitrogens with one attached hydrogen (secondary N) is 1. The number of methoxy groups -OCH3 is 2. The summed E-state index contributed by atoms with van der Waals surface area (Å²) in [6.07, 6.45) is 0. The maximum absolute atomic E-state index is 12.4. The van der Waals surface area contributed by atoms with Gasteiger partial charge in [-0.05, 0) is 12.1 Å². The molecule has 0 saturated heterocycles. The molecule has 0 aliphatic carbocycles. The number of hydrogen-bond acceptors (Lipinski definition) is 5. The highest BCUT2D eigenvalue weighted by atomic mass is 35.5. The third-order valence-corrected chi connectivity index (χ3v) is 3.75. The summed E-state index contributed by atoms with van der Waals surface area (Å²) in [5, 5.41) is 13.7. The first-order valence-electron chi connectivity index (χ1n) is 6.54. The van der Waals surface area contributed by atoms with Crippen molar-refractivity contribution < 1.29 is 19.2 Å². The predicted molar refractivity (Wildman–Crippen MR) is 90.6 cm³/mol. The fourth-order valence-corrected chi connectivity index (χ4v) is 2.39. The van der Waals surface area contributed by atoms with Crippen LogP contribution in [-0.4, -0.2) is 25.1 Å². The third kappa shape index (κ3) is 3.69. The molecule has 126 valence electrons. The maximum atomic E-state index is 12.4. The molecule has 0 aliphatic heterocycles. The van der Waals surface area contributed by atoms with Crippen LogP contribution in [0, 0.1) is 10.1 Å². The van der Waals surface area contributed by atoms with E-state index in [1.54, 1.807) is 0 Å². The number of carbonyl (C=O) groups is 1. The van der Waals surface area contributed by atoms with E-state index in [0.29, 0.717) is 11.5 Å². The summed E-state index contributed by atoms with van der Waals surface area (Å²) < 4.78 is 10.2. The molecule has 1 amide bonds. The molecule has 0 saturated carbocycles. The molecule has 2 aromatic rings. The second kappa shape index (κ2) is 7.37. The van der Waals surface area contributed by atoms with Crippen LogP contribution in [0.15, 0.2) is 30.3 Å². The quantitative estimate of drug-likeness (QED) is 0.629. The Labute approximate surface area is 147 Å². The molecule has 0 aliphatic rings. The van der Waals surface area contributed by atoms with Crippen molar-refractivity contribution in [2.24, 2.45) is 0 Å². The number of hydrogen-bond donors (Lipinski definition) is 1. The molecule has 0 bridgehead atoms. The van der Waals surface area contributed by atoms with Crippen molar-refractivity contribution in [1.29, 1.82) is 0 Å². The largest absolute Gasteiger partial charge is 0.495 e. The third-order valence-electron chi connectivity index (χ3n) is 3.13. The van der Waals surface area contributed by atoms with Crippen LogP contribution in [0.25, 0.3) is 0 Å². The van der Waals surface area contributed by atoms with Gasteiger partial charge in [-0.25, -0.2) is 0 Å². The van der Waals surface area contributed by atoms with E-state index in [2.05, 4.69) is 5.32 Å². The molecule has 2 aromatic carbocycles. The van der Waals surface area contributed by atoms with Crippen LogP contribution >= 0.6 is 23.2 Å². The van der Waals surface area contributed by atoms with Gasteiger partial charge in [-0.2, -0.15) is 0 Å². The minimum atomic E-state index is -0.636. The van der Waals surface area contributed by atoms with Crippen molar-refractivity contribution in [2.75, 3.05) is 19.5 Å². The number of benzene rings is 2. The van der Waals surface area contributed by atoms with Gasteiger partial charge in [0.25, 0.3) is 11.6 Å². The standard InChI is InChI=1S/C15H12Cl2N2O5/c1-23-13-7-14(24-2)12(6-11(13)17)18-15(20)9-5-8(19(21)22)3-4-10(9)16/h3-7H,1-2H3,(H,18,20). The number of amides is 1. The van der Waals surface area contributed by atoms with E-state index in [-0.39, 0.29) is 27.0 Å². The van der Waals surface area contributed by atoms with Crippen LogP contribution in [0.1, 0.15) is 10.4 Å². The molecule has 0 unspecified atom stereocenters. The predicted octanol–water partition coefficient (Wildman–Crippen LogP) is 4.17. The Kier molecular flexibility index (Phi) is 5.48. The van der Waals surface area contributed by atoms with Gasteiger partial charge >= 0.3 is 0 Å². The highest BCUT2D eigenvalue weighted by Crippen LogP contribution is 2.36. The van der Waals surface area contributed by atoms with Gasteiger partial charge in [0.2, 0.25) is 0 Å². The number of anilines is 1. The molecule has 0 spiro atoms. The second-order valence-corrected chi connectivity index (χ2v) is 5.38. The average molecular weight is 371 g/mol. The summed E-state index contributed by atoms with van der Waals surface area (Å²) in [6.45, 7) is 0. The van der Waals surface area contributed by atoms with Gasteiger partial charge in [-0.3, -0.25) is 14.9 Å². The molecule has 0 aromatic heterocycles. The summed E-state index contributed by atoms with van der Waals surface area (Å²) >= 11 is 12.0. The summed E-state index contributed by atoms with van der Waals surface area (Å²) in [7, 11) is 2.86. The van der Waals surface area contributed by atoms with E-state index in [4.69, 9.17) is 32.7 Å². The number of nitrogens with zero attached hydrogens (tertiary/aromatic N) is 1. The lowest BCUT2D eigenvalue weighted by Gasteiger charge is -2.13. The van der Waals surface area contributed by atoms with Crippen molar-refractivity contribution in [3.63, 3.8) is 0 Å². The lowest BCUT2D eigenvalue weighted by Crippen LogP contribution is -2.13. The van der Waals surface area contributed by atoms with Crippen LogP contribution in [0.5, 0.6) is 11.5 Å². The van der Waals surface area contributed by atoms with Crippen LogP contribution in [0.2, 0.25) is 10.0 Å². The van der Waals surface area contributed by atoms with Gasteiger partial charge in [0.05, 0.1) is 40.4 Å². The smallest absolute Gasteiger partial charge is 0.270 e. The molecule has 9 heteroatoms. The number of rotatable bonds is 5. The highest BCUT2D eigenvalue weighted by molar-refractivity contribution is 6.35. The van der Waals surface area contributed by atoms with Gasteiger partial charge < -0.3 is 14.8 Å². The van der Waals surface area contributed by atoms with Crippen molar-refractivity contribution in [1.82, 2.24) is 0 Å². The van der Waals surface area contributed by atoms with Gasteiger partial charge in [0.1, 0.15) is 11.5 Å². The molecule has 0 atom stereocenters. The minimum absolute atomic E-state index is 0.0418. The molecule has 0 heterocycles. The van der Waals surface area contributed by atoms with Crippen LogP contribution in [0.4, 0.5) is 11.4 Å².